The van der Waals surface area contributed by atoms with Crippen molar-refractivity contribution in [2.24, 2.45) is 7.05 Å². The van der Waals surface area contributed by atoms with Crippen LogP contribution in [0.4, 0.5) is 10.5 Å². The van der Waals surface area contributed by atoms with E-state index in [0.29, 0.717) is 0 Å². The fourth-order valence-electron chi connectivity index (χ4n) is 2.23. The third-order valence-electron chi connectivity index (χ3n) is 3.96. The van der Waals surface area contributed by atoms with Crippen LogP contribution in [0.5, 0.6) is 0 Å². The molecule has 0 spiro atoms. The van der Waals surface area contributed by atoms with Crippen LogP contribution in [-0.2, 0) is 17.8 Å². The molecule has 0 unspecified atom stereocenters. The summed E-state index contributed by atoms with van der Waals surface area (Å²) in [7, 11) is 2.26. The van der Waals surface area contributed by atoms with Gasteiger partial charge in [0.15, 0.2) is 0 Å². The van der Waals surface area contributed by atoms with E-state index in [1.54, 1.807) is 50.8 Å². The number of benzene rings is 1. The highest BCUT2D eigenvalue weighted by Crippen LogP contribution is 2.20. The molecule has 7 heteroatoms. The zero-order valence-corrected chi connectivity index (χ0v) is 15.0. The molecule has 1 heterocycles. The van der Waals surface area contributed by atoms with E-state index in [0.717, 1.165) is 10.5 Å². The van der Waals surface area contributed by atoms with E-state index in [-0.39, 0.29) is 23.3 Å². The van der Waals surface area contributed by atoms with Gasteiger partial charge in [0.05, 0.1) is 6.04 Å². The molecule has 2 amide bonds. The fourth-order valence-corrected chi connectivity index (χ4v) is 2.75. The molecule has 1 aromatic heterocycles. The van der Waals surface area contributed by atoms with Crippen molar-refractivity contribution in [3.05, 3.63) is 58.5 Å². The average Bonchev–Trinajstić information content (AvgIpc) is 2.57. The molecule has 2 aromatic rings. The molecule has 0 saturated heterocycles. The van der Waals surface area contributed by atoms with Gasteiger partial charge in [-0.25, -0.2) is 4.79 Å². The zero-order chi connectivity index (χ0) is 17.9. The van der Waals surface area contributed by atoms with Crippen LogP contribution < -0.4 is 10.9 Å². The van der Waals surface area contributed by atoms with Crippen LogP contribution in [0.15, 0.2) is 52.3 Å². The lowest BCUT2D eigenvalue weighted by atomic mass is 10.1. The highest BCUT2D eigenvalue weighted by atomic mass is 32.2. The van der Waals surface area contributed by atoms with Crippen molar-refractivity contribution < 1.29 is 9.00 Å². The van der Waals surface area contributed by atoms with Gasteiger partial charge in [-0.15, -0.1) is 0 Å². The summed E-state index contributed by atoms with van der Waals surface area (Å²) in [5.74, 6) is 0. The summed E-state index contributed by atoms with van der Waals surface area (Å²) < 4.78 is 12.8. The number of nitrogens with one attached hydrogen (secondary N) is 1. The summed E-state index contributed by atoms with van der Waals surface area (Å²) >= 11 is 0. The molecule has 2 rings (SSSR count). The van der Waals surface area contributed by atoms with E-state index in [1.165, 1.54) is 9.47 Å². The van der Waals surface area contributed by atoms with Gasteiger partial charge < -0.3 is 14.8 Å². The Morgan fingerprint density at radius 2 is 1.88 bits per heavy atom. The molecular formula is C17H21N3O3S. The Balaban J connectivity index is 2.13. The van der Waals surface area contributed by atoms with Crippen LogP contribution in [0, 0.1) is 0 Å². The third-order valence-corrected chi connectivity index (χ3v) is 4.90. The largest absolute Gasteiger partial charge is 0.322 e. The van der Waals surface area contributed by atoms with Crippen molar-refractivity contribution in [3.63, 3.8) is 0 Å². The van der Waals surface area contributed by atoms with Gasteiger partial charge in [0.25, 0.3) is 5.56 Å². The predicted octanol–water partition coefficient (Wildman–Crippen LogP) is 2.35. The lowest BCUT2D eigenvalue weighted by molar-refractivity contribution is 0.208. The van der Waals surface area contributed by atoms with Gasteiger partial charge in [-0.3, -0.25) is 9.00 Å². The van der Waals surface area contributed by atoms with Crippen molar-refractivity contribution >= 4 is 22.5 Å². The third kappa shape index (κ3) is 3.91. The van der Waals surface area contributed by atoms with Gasteiger partial charge in [0.2, 0.25) is 0 Å². The van der Waals surface area contributed by atoms with Crippen molar-refractivity contribution in [1.29, 1.82) is 0 Å². The van der Waals surface area contributed by atoms with Crippen molar-refractivity contribution in [2.75, 3.05) is 18.6 Å². The SMILES string of the molecule is C[C@H](c1ccc([S@](C)=O)cc1)N(C)C(=O)Nc1cccn(C)c1=O. The predicted molar refractivity (Wildman–Crippen MR) is 95.7 cm³/mol. The van der Waals surface area contributed by atoms with Gasteiger partial charge >= 0.3 is 6.03 Å². The number of aryl methyl sites for hydroxylation is 1. The van der Waals surface area contributed by atoms with E-state index in [1.807, 2.05) is 19.1 Å². The Hall–Kier alpha value is -2.41. The molecule has 1 aromatic carbocycles. The smallest absolute Gasteiger partial charge is 0.321 e. The fraction of sp³-hybridized carbons (Fsp3) is 0.294. The first kappa shape index (κ1) is 17.9. The minimum atomic E-state index is -1.03. The molecule has 1 N–H and O–H groups in total. The number of pyridine rings is 1. The van der Waals surface area contributed by atoms with Crippen molar-refractivity contribution in [2.45, 2.75) is 17.9 Å². The number of hydrogen-bond donors (Lipinski definition) is 1. The number of amides is 2. The Bertz CT molecular complexity index is 815. The molecule has 0 aliphatic carbocycles. The van der Waals surface area contributed by atoms with Gasteiger partial charge in [-0.2, -0.15) is 0 Å². The topological polar surface area (TPSA) is 71.4 Å². The maximum Gasteiger partial charge on any atom is 0.322 e. The molecule has 0 bridgehead atoms. The van der Waals surface area contributed by atoms with E-state index >= 15 is 0 Å². The number of carbonyl (C=O) groups excluding carboxylic acids is 1. The summed E-state index contributed by atoms with van der Waals surface area (Å²) in [6.07, 6.45) is 3.25. The molecule has 0 fully saturated rings. The van der Waals surface area contributed by atoms with Crippen LogP contribution in [0.25, 0.3) is 0 Å². The van der Waals surface area contributed by atoms with Gasteiger partial charge in [0, 0.05) is 42.2 Å². The maximum atomic E-state index is 12.4. The summed E-state index contributed by atoms with van der Waals surface area (Å²) in [4.78, 5) is 26.6. The van der Waals surface area contributed by atoms with Crippen LogP contribution >= 0.6 is 0 Å². The Kier molecular flexibility index (Phi) is 5.56. The van der Waals surface area contributed by atoms with Crippen LogP contribution in [-0.4, -0.2) is 33.0 Å². The van der Waals surface area contributed by atoms with Crippen molar-refractivity contribution in [1.82, 2.24) is 9.47 Å². The highest BCUT2D eigenvalue weighted by Gasteiger charge is 2.18. The Labute approximate surface area is 143 Å². The van der Waals surface area contributed by atoms with E-state index in [9.17, 15) is 13.8 Å². The number of aromatic nitrogens is 1. The highest BCUT2D eigenvalue weighted by molar-refractivity contribution is 7.84. The van der Waals surface area contributed by atoms with E-state index < -0.39 is 10.8 Å². The van der Waals surface area contributed by atoms with E-state index in [4.69, 9.17) is 0 Å². The van der Waals surface area contributed by atoms with Crippen LogP contribution in [0.2, 0.25) is 0 Å². The first-order valence-corrected chi connectivity index (χ1v) is 9.00. The average molecular weight is 347 g/mol. The van der Waals surface area contributed by atoms with Gasteiger partial charge in [-0.05, 0) is 36.8 Å². The molecule has 24 heavy (non-hydrogen) atoms. The second-order valence-electron chi connectivity index (χ2n) is 5.58. The second kappa shape index (κ2) is 7.44. The van der Waals surface area contributed by atoms with Gasteiger partial charge in [-0.1, -0.05) is 12.1 Å². The number of urea groups is 1. The standard InChI is InChI=1S/C17H21N3O3S/c1-12(13-7-9-14(10-8-13)24(4)23)20(3)17(22)18-15-6-5-11-19(2)16(15)21/h5-12H,1-4H3,(H,18,22)/t12-,24+/m1/s1. The minimum Gasteiger partial charge on any atom is -0.321 e. The summed E-state index contributed by atoms with van der Waals surface area (Å²) in [6.45, 7) is 1.89. The minimum absolute atomic E-state index is 0.197. The lowest BCUT2D eigenvalue weighted by Crippen LogP contribution is -2.35. The second-order valence-corrected chi connectivity index (χ2v) is 6.96. The molecular weight excluding hydrogens is 326 g/mol. The first-order valence-electron chi connectivity index (χ1n) is 7.44. The lowest BCUT2D eigenvalue weighted by Gasteiger charge is -2.25. The summed E-state index contributed by atoms with van der Waals surface area (Å²) in [5.41, 5.74) is 0.894. The number of rotatable bonds is 4. The number of hydrogen-bond acceptors (Lipinski definition) is 3. The number of nitrogens with zero attached hydrogens (tertiary/aromatic N) is 2. The quantitative estimate of drug-likeness (QED) is 0.923. The Morgan fingerprint density at radius 1 is 1.25 bits per heavy atom. The monoisotopic (exact) mass is 347 g/mol. The summed E-state index contributed by atoms with van der Waals surface area (Å²) in [5, 5.41) is 2.64. The zero-order valence-electron chi connectivity index (χ0n) is 14.1. The molecule has 0 aliphatic rings. The number of anilines is 1. The molecule has 6 nitrogen and oxygen atoms in total. The molecule has 2 atom stereocenters. The van der Waals surface area contributed by atoms with Gasteiger partial charge in [0.1, 0.15) is 5.69 Å². The van der Waals surface area contributed by atoms with Crippen molar-refractivity contribution in [3.8, 4) is 0 Å². The molecule has 128 valence electrons. The molecule has 0 saturated carbocycles. The maximum absolute atomic E-state index is 12.4. The first-order chi connectivity index (χ1) is 11.3. The molecule has 0 radical (unpaired) electrons. The normalized spacial score (nSPS) is 13.2. The number of carbonyl (C=O) groups is 1. The molecule has 0 aliphatic heterocycles. The van der Waals surface area contributed by atoms with Crippen LogP contribution in [0.1, 0.15) is 18.5 Å². The Morgan fingerprint density at radius 3 is 2.46 bits per heavy atom. The van der Waals surface area contributed by atoms with Crippen LogP contribution in [0.3, 0.4) is 0 Å². The van der Waals surface area contributed by atoms with E-state index in [2.05, 4.69) is 5.32 Å². The summed E-state index contributed by atoms with van der Waals surface area (Å²) in [6, 6.07) is 10.0.